The van der Waals surface area contributed by atoms with E-state index in [1.807, 2.05) is 24.3 Å². The average Bonchev–Trinajstić information content (AvgIpc) is 2.54. The Morgan fingerprint density at radius 2 is 2.04 bits per heavy atom. The molecule has 1 heterocycles. The molecule has 6 heteroatoms. The van der Waals surface area contributed by atoms with Crippen LogP contribution in [0.4, 0.5) is 0 Å². The summed E-state index contributed by atoms with van der Waals surface area (Å²) in [5, 5.41) is 7.52. The van der Waals surface area contributed by atoms with Gasteiger partial charge in [-0.1, -0.05) is 29.8 Å². The molecule has 5 nitrogen and oxygen atoms in total. The molecule has 1 aliphatic rings. The standard InChI is InChI=1S/C17H28ClN5/c1-4-19-17(20-11-14-7-5-6-8-16(14)18)21-12-15-13-22(2)9-10-23(15)3/h5-8,15H,4,9-13H2,1-3H3,(H2,19,20,21). The van der Waals surface area contributed by atoms with Crippen LogP contribution in [0, 0.1) is 0 Å². The molecule has 128 valence electrons. The summed E-state index contributed by atoms with van der Waals surface area (Å²) in [6.07, 6.45) is 0. The minimum Gasteiger partial charge on any atom is -0.357 e. The number of benzene rings is 1. The molecule has 1 atom stereocenters. The topological polar surface area (TPSA) is 42.9 Å². The lowest BCUT2D eigenvalue weighted by atomic mass is 10.2. The first-order valence-corrected chi connectivity index (χ1v) is 8.62. The molecule has 23 heavy (non-hydrogen) atoms. The van der Waals surface area contributed by atoms with Crippen LogP contribution in [0.2, 0.25) is 5.02 Å². The van der Waals surface area contributed by atoms with Crippen LogP contribution in [0.3, 0.4) is 0 Å². The van der Waals surface area contributed by atoms with Gasteiger partial charge in [0.05, 0.1) is 6.54 Å². The molecule has 1 aromatic rings. The van der Waals surface area contributed by atoms with Crippen molar-refractivity contribution in [1.82, 2.24) is 20.4 Å². The molecule has 2 rings (SSSR count). The van der Waals surface area contributed by atoms with Crippen LogP contribution >= 0.6 is 11.6 Å². The first-order valence-electron chi connectivity index (χ1n) is 8.24. The fourth-order valence-electron chi connectivity index (χ4n) is 2.67. The SMILES string of the molecule is CCNC(=NCc1ccccc1Cl)NCC1CN(C)CCN1C. The Kier molecular flexibility index (Phi) is 7.15. The van der Waals surface area contributed by atoms with E-state index in [1.165, 1.54) is 0 Å². The molecular formula is C17H28ClN5. The maximum Gasteiger partial charge on any atom is 0.191 e. The molecular weight excluding hydrogens is 310 g/mol. The minimum absolute atomic E-state index is 0.498. The van der Waals surface area contributed by atoms with Crippen LogP contribution < -0.4 is 10.6 Å². The minimum atomic E-state index is 0.498. The van der Waals surface area contributed by atoms with Crippen LogP contribution in [0.15, 0.2) is 29.3 Å². The summed E-state index contributed by atoms with van der Waals surface area (Å²) < 4.78 is 0. The van der Waals surface area contributed by atoms with Crippen molar-refractivity contribution in [1.29, 1.82) is 0 Å². The first-order chi connectivity index (χ1) is 11.1. The number of guanidine groups is 1. The van der Waals surface area contributed by atoms with Gasteiger partial charge < -0.3 is 15.5 Å². The molecule has 0 amide bonds. The average molecular weight is 338 g/mol. The summed E-state index contributed by atoms with van der Waals surface area (Å²) in [5.74, 6) is 0.842. The summed E-state index contributed by atoms with van der Waals surface area (Å²) in [6, 6.07) is 8.34. The van der Waals surface area contributed by atoms with Gasteiger partial charge in [0.2, 0.25) is 0 Å². The van der Waals surface area contributed by atoms with Gasteiger partial charge in [0.15, 0.2) is 5.96 Å². The highest BCUT2D eigenvalue weighted by molar-refractivity contribution is 6.31. The summed E-state index contributed by atoms with van der Waals surface area (Å²) in [4.78, 5) is 9.43. The van der Waals surface area contributed by atoms with Gasteiger partial charge >= 0.3 is 0 Å². The second kappa shape index (κ2) is 9.11. The molecule has 1 fully saturated rings. The van der Waals surface area contributed by atoms with Gasteiger partial charge in [0, 0.05) is 43.8 Å². The highest BCUT2D eigenvalue weighted by Crippen LogP contribution is 2.15. The Morgan fingerprint density at radius 3 is 2.78 bits per heavy atom. The maximum atomic E-state index is 6.20. The Morgan fingerprint density at radius 1 is 1.26 bits per heavy atom. The Bertz CT molecular complexity index is 519. The van der Waals surface area contributed by atoms with Crippen LogP contribution in [0.5, 0.6) is 0 Å². The molecule has 1 aliphatic heterocycles. The molecule has 0 aliphatic carbocycles. The van der Waals surface area contributed by atoms with Gasteiger partial charge in [-0.2, -0.15) is 0 Å². The third kappa shape index (κ3) is 5.68. The van der Waals surface area contributed by atoms with Crippen molar-refractivity contribution >= 4 is 17.6 Å². The number of hydrogen-bond donors (Lipinski definition) is 2. The fraction of sp³-hybridized carbons (Fsp3) is 0.588. The largest absolute Gasteiger partial charge is 0.357 e. The molecule has 0 aromatic heterocycles. The van der Waals surface area contributed by atoms with E-state index in [0.29, 0.717) is 12.6 Å². The smallest absolute Gasteiger partial charge is 0.191 e. The molecule has 1 saturated heterocycles. The third-order valence-electron chi connectivity index (χ3n) is 4.19. The number of piperazine rings is 1. The van der Waals surface area contributed by atoms with Crippen molar-refractivity contribution in [3.63, 3.8) is 0 Å². The lowest BCUT2D eigenvalue weighted by Gasteiger charge is -2.37. The van der Waals surface area contributed by atoms with Crippen molar-refractivity contribution in [2.45, 2.75) is 19.5 Å². The van der Waals surface area contributed by atoms with Crippen molar-refractivity contribution < 1.29 is 0 Å². The van der Waals surface area contributed by atoms with E-state index in [-0.39, 0.29) is 0 Å². The van der Waals surface area contributed by atoms with E-state index in [9.17, 15) is 0 Å². The van der Waals surface area contributed by atoms with E-state index >= 15 is 0 Å². The number of nitrogens with one attached hydrogen (secondary N) is 2. The quantitative estimate of drug-likeness (QED) is 0.633. The van der Waals surface area contributed by atoms with E-state index in [0.717, 1.165) is 49.3 Å². The van der Waals surface area contributed by atoms with Crippen molar-refractivity contribution in [2.24, 2.45) is 4.99 Å². The molecule has 0 bridgehead atoms. The zero-order valence-corrected chi connectivity index (χ0v) is 15.1. The van der Waals surface area contributed by atoms with Gasteiger partial charge in [-0.05, 0) is 32.6 Å². The van der Waals surface area contributed by atoms with E-state index < -0.39 is 0 Å². The second-order valence-electron chi connectivity index (χ2n) is 6.06. The number of hydrogen-bond acceptors (Lipinski definition) is 3. The number of likely N-dealkylation sites (N-methyl/N-ethyl adjacent to an activating group) is 2. The molecule has 0 saturated carbocycles. The lowest BCUT2D eigenvalue weighted by Crippen LogP contribution is -2.55. The van der Waals surface area contributed by atoms with Crippen LogP contribution in [-0.4, -0.2) is 68.6 Å². The number of rotatable bonds is 5. The highest BCUT2D eigenvalue weighted by Gasteiger charge is 2.21. The Labute approximate surface area is 144 Å². The lowest BCUT2D eigenvalue weighted by molar-refractivity contribution is 0.116. The van der Waals surface area contributed by atoms with E-state index in [4.69, 9.17) is 11.6 Å². The zero-order chi connectivity index (χ0) is 16.7. The van der Waals surface area contributed by atoms with Crippen molar-refractivity contribution in [2.75, 3.05) is 46.8 Å². The van der Waals surface area contributed by atoms with Crippen molar-refractivity contribution in [3.8, 4) is 0 Å². The summed E-state index contributed by atoms with van der Waals surface area (Å²) in [6.45, 7) is 7.70. The molecule has 1 aromatic carbocycles. The summed E-state index contributed by atoms with van der Waals surface area (Å²) in [5.41, 5.74) is 1.04. The highest BCUT2D eigenvalue weighted by atomic mass is 35.5. The number of halogens is 1. The van der Waals surface area contributed by atoms with E-state index in [2.05, 4.69) is 46.4 Å². The predicted octanol–water partition coefficient (Wildman–Crippen LogP) is 1.64. The Hall–Kier alpha value is -1.30. The van der Waals surface area contributed by atoms with Gasteiger partial charge in [0.1, 0.15) is 0 Å². The maximum absolute atomic E-state index is 6.20. The molecule has 2 N–H and O–H groups in total. The van der Waals surface area contributed by atoms with Crippen LogP contribution in [0.25, 0.3) is 0 Å². The normalized spacial score (nSPS) is 20.5. The van der Waals surface area contributed by atoms with Crippen molar-refractivity contribution in [3.05, 3.63) is 34.9 Å². The van der Waals surface area contributed by atoms with Crippen LogP contribution in [0.1, 0.15) is 12.5 Å². The predicted molar refractivity (Wildman–Crippen MR) is 98.2 cm³/mol. The van der Waals surface area contributed by atoms with Gasteiger partial charge in [0.25, 0.3) is 0 Å². The molecule has 1 unspecified atom stereocenters. The zero-order valence-electron chi connectivity index (χ0n) is 14.3. The monoisotopic (exact) mass is 337 g/mol. The van der Waals surface area contributed by atoms with Gasteiger partial charge in [-0.25, -0.2) is 4.99 Å². The second-order valence-corrected chi connectivity index (χ2v) is 6.47. The van der Waals surface area contributed by atoms with E-state index in [1.54, 1.807) is 0 Å². The first kappa shape index (κ1) is 18.0. The van der Waals surface area contributed by atoms with Gasteiger partial charge in [-0.15, -0.1) is 0 Å². The number of nitrogens with zero attached hydrogens (tertiary/aromatic N) is 3. The molecule has 0 spiro atoms. The summed E-state index contributed by atoms with van der Waals surface area (Å²) in [7, 11) is 4.36. The number of aliphatic imine (C=N–C) groups is 1. The summed E-state index contributed by atoms with van der Waals surface area (Å²) >= 11 is 6.20. The fourth-order valence-corrected chi connectivity index (χ4v) is 2.86. The van der Waals surface area contributed by atoms with Gasteiger partial charge in [-0.3, -0.25) is 4.90 Å². The third-order valence-corrected chi connectivity index (χ3v) is 4.56. The van der Waals surface area contributed by atoms with Crippen LogP contribution in [-0.2, 0) is 6.54 Å². The Balaban J connectivity index is 1.92. The molecule has 0 radical (unpaired) electrons.